The van der Waals surface area contributed by atoms with Crippen molar-refractivity contribution in [1.29, 1.82) is 0 Å². The summed E-state index contributed by atoms with van der Waals surface area (Å²) >= 11 is 3.33. The van der Waals surface area contributed by atoms with E-state index in [1.807, 2.05) is 19.1 Å². The van der Waals surface area contributed by atoms with Crippen molar-refractivity contribution in [3.05, 3.63) is 28.2 Å². The van der Waals surface area contributed by atoms with Crippen molar-refractivity contribution >= 4 is 21.6 Å². The van der Waals surface area contributed by atoms with Gasteiger partial charge in [0.15, 0.2) is 0 Å². The maximum absolute atomic E-state index is 9.53. The molecule has 0 amide bonds. The summed E-state index contributed by atoms with van der Waals surface area (Å²) in [6.45, 7) is 1.92. The normalized spacial score (nSPS) is 12.9. The summed E-state index contributed by atoms with van der Waals surface area (Å²) in [5, 5.41) is 9.53. The highest BCUT2D eigenvalue weighted by atomic mass is 79.9. The van der Waals surface area contributed by atoms with Gasteiger partial charge < -0.3 is 10.8 Å². The maximum atomic E-state index is 9.53. The van der Waals surface area contributed by atoms with Gasteiger partial charge in [0.25, 0.3) is 0 Å². The van der Waals surface area contributed by atoms with E-state index in [1.165, 1.54) is 0 Å². The maximum Gasteiger partial charge on any atom is 0.0807 e. The van der Waals surface area contributed by atoms with Crippen molar-refractivity contribution in [2.75, 3.05) is 5.73 Å². The van der Waals surface area contributed by atoms with E-state index in [2.05, 4.69) is 15.9 Å². The number of nitrogens with two attached hydrogens (primary N) is 1. The highest BCUT2D eigenvalue weighted by molar-refractivity contribution is 9.10. The van der Waals surface area contributed by atoms with E-state index in [9.17, 15) is 5.11 Å². The van der Waals surface area contributed by atoms with Crippen LogP contribution in [-0.2, 0) is 0 Å². The highest BCUT2D eigenvalue weighted by Gasteiger charge is 2.08. The topological polar surface area (TPSA) is 46.2 Å². The first-order valence-corrected chi connectivity index (χ1v) is 4.67. The fraction of sp³-hybridized carbons (Fsp3) is 0.333. The minimum Gasteiger partial charge on any atom is -0.398 e. The molecule has 0 aliphatic carbocycles. The van der Waals surface area contributed by atoms with Gasteiger partial charge in [-0.15, -0.1) is 0 Å². The Balaban J connectivity index is 3.04. The van der Waals surface area contributed by atoms with E-state index in [0.29, 0.717) is 12.1 Å². The molecule has 0 saturated carbocycles. The van der Waals surface area contributed by atoms with Gasteiger partial charge in [-0.25, -0.2) is 0 Å². The van der Waals surface area contributed by atoms with Crippen LogP contribution in [0.25, 0.3) is 0 Å². The van der Waals surface area contributed by atoms with Gasteiger partial charge in [-0.2, -0.15) is 0 Å². The van der Waals surface area contributed by atoms with Crippen LogP contribution in [0.5, 0.6) is 0 Å². The number of rotatable bonds is 2. The zero-order valence-corrected chi connectivity index (χ0v) is 8.51. The third-order valence-corrected chi connectivity index (χ3v) is 2.29. The predicted octanol–water partition coefficient (Wildman–Crippen LogP) is 2.47. The summed E-state index contributed by atoms with van der Waals surface area (Å²) in [5.74, 6) is 0. The van der Waals surface area contributed by atoms with E-state index in [1.54, 1.807) is 6.07 Å². The van der Waals surface area contributed by atoms with Gasteiger partial charge in [-0.05, 0) is 24.6 Å². The zero-order valence-electron chi connectivity index (χ0n) is 6.92. The molecule has 0 aromatic heterocycles. The molecule has 0 radical (unpaired) electrons. The molecule has 0 bridgehead atoms. The molecule has 12 heavy (non-hydrogen) atoms. The minimum atomic E-state index is -0.456. The first-order chi connectivity index (χ1) is 5.65. The number of hydrogen-bond acceptors (Lipinski definition) is 2. The third-order valence-electron chi connectivity index (χ3n) is 1.79. The SMILES string of the molecule is CCC(O)c1cc(Br)ccc1N. The average Bonchev–Trinajstić information content (AvgIpc) is 2.08. The number of hydrogen-bond donors (Lipinski definition) is 2. The van der Waals surface area contributed by atoms with Gasteiger partial charge in [-0.1, -0.05) is 22.9 Å². The summed E-state index contributed by atoms with van der Waals surface area (Å²) in [7, 11) is 0. The van der Waals surface area contributed by atoms with E-state index in [-0.39, 0.29) is 0 Å². The lowest BCUT2D eigenvalue weighted by Gasteiger charge is -2.11. The van der Waals surface area contributed by atoms with Crippen molar-refractivity contribution < 1.29 is 5.11 Å². The molecule has 1 atom stereocenters. The van der Waals surface area contributed by atoms with Crippen LogP contribution in [0.4, 0.5) is 5.69 Å². The molecule has 2 nitrogen and oxygen atoms in total. The number of anilines is 1. The molecule has 0 aliphatic heterocycles. The Morgan fingerprint density at radius 1 is 1.58 bits per heavy atom. The van der Waals surface area contributed by atoms with Gasteiger partial charge in [0.2, 0.25) is 0 Å². The lowest BCUT2D eigenvalue weighted by Crippen LogP contribution is -2.00. The predicted molar refractivity (Wildman–Crippen MR) is 53.8 cm³/mol. The first kappa shape index (κ1) is 9.55. The highest BCUT2D eigenvalue weighted by Crippen LogP contribution is 2.25. The number of aliphatic hydroxyl groups excluding tert-OH is 1. The molecule has 3 N–H and O–H groups in total. The van der Waals surface area contributed by atoms with Crippen LogP contribution in [0.15, 0.2) is 22.7 Å². The largest absolute Gasteiger partial charge is 0.398 e. The van der Waals surface area contributed by atoms with E-state index in [4.69, 9.17) is 5.73 Å². The van der Waals surface area contributed by atoms with Crippen LogP contribution < -0.4 is 5.73 Å². The molecule has 66 valence electrons. The Bertz CT molecular complexity index is 275. The summed E-state index contributed by atoms with van der Waals surface area (Å²) in [4.78, 5) is 0. The fourth-order valence-corrected chi connectivity index (χ4v) is 1.43. The molecule has 3 heteroatoms. The summed E-state index contributed by atoms with van der Waals surface area (Å²) < 4.78 is 0.944. The summed E-state index contributed by atoms with van der Waals surface area (Å²) in [5.41, 5.74) is 7.13. The van der Waals surface area contributed by atoms with Crippen molar-refractivity contribution in [1.82, 2.24) is 0 Å². The van der Waals surface area contributed by atoms with Crippen molar-refractivity contribution in [2.45, 2.75) is 19.4 Å². The van der Waals surface area contributed by atoms with Crippen LogP contribution in [0.3, 0.4) is 0 Å². The molecule has 1 aromatic carbocycles. The monoisotopic (exact) mass is 229 g/mol. The second-order valence-electron chi connectivity index (χ2n) is 2.70. The van der Waals surface area contributed by atoms with Gasteiger partial charge in [-0.3, -0.25) is 0 Å². The molecule has 1 unspecified atom stereocenters. The second kappa shape index (κ2) is 3.92. The van der Waals surface area contributed by atoms with Crippen molar-refractivity contribution in [3.8, 4) is 0 Å². The lowest BCUT2D eigenvalue weighted by molar-refractivity contribution is 0.174. The zero-order chi connectivity index (χ0) is 9.14. The van der Waals surface area contributed by atoms with E-state index < -0.39 is 6.10 Å². The Hall–Kier alpha value is -0.540. The molecule has 1 aromatic rings. The van der Waals surface area contributed by atoms with Gasteiger partial charge in [0, 0.05) is 15.7 Å². The Morgan fingerprint density at radius 2 is 2.25 bits per heavy atom. The summed E-state index contributed by atoms with van der Waals surface area (Å²) in [6, 6.07) is 5.50. The Morgan fingerprint density at radius 3 is 2.83 bits per heavy atom. The molecule has 0 fully saturated rings. The second-order valence-corrected chi connectivity index (χ2v) is 3.61. The molecule has 0 spiro atoms. The smallest absolute Gasteiger partial charge is 0.0807 e. The minimum absolute atomic E-state index is 0.456. The molecule has 0 aliphatic rings. The number of halogens is 1. The molecular formula is C9H12BrNO. The average molecular weight is 230 g/mol. The van der Waals surface area contributed by atoms with Crippen LogP contribution in [0.2, 0.25) is 0 Å². The van der Waals surface area contributed by atoms with Gasteiger partial charge in [0.1, 0.15) is 0 Å². The molecule has 0 heterocycles. The lowest BCUT2D eigenvalue weighted by atomic mass is 10.1. The first-order valence-electron chi connectivity index (χ1n) is 3.88. The number of nitrogen functional groups attached to an aromatic ring is 1. The number of aliphatic hydroxyl groups is 1. The fourth-order valence-electron chi connectivity index (χ4n) is 1.05. The Kier molecular flexibility index (Phi) is 3.12. The Labute approximate surface area is 80.5 Å². The third kappa shape index (κ3) is 1.99. The van der Waals surface area contributed by atoms with Crippen molar-refractivity contribution in [3.63, 3.8) is 0 Å². The standard InChI is InChI=1S/C9H12BrNO/c1-2-9(12)7-5-6(10)3-4-8(7)11/h3-5,9,12H,2,11H2,1H3. The van der Waals surface area contributed by atoms with Crippen LogP contribution in [0, 0.1) is 0 Å². The van der Waals surface area contributed by atoms with E-state index in [0.717, 1.165) is 10.0 Å². The molecule has 0 saturated heterocycles. The van der Waals surface area contributed by atoms with Crippen LogP contribution in [0.1, 0.15) is 25.0 Å². The van der Waals surface area contributed by atoms with Gasteiger partial charge >= 0.3 is 0 Å². The molecule has 1 rings (SSSR count). The van der Waals surface area contributed by atoms with Crippen LogP contribution >= 0.6 is 15.9 Å². The van der Waals surface area contributed by atoms with Gasteiger partial charge in [0.05, 0.1) is 6.10 Å². The molecular weight excluding hydrogens is 218 g/mol. The van der Waals surface area contributed by atoms with Crippen LogP contribution in [-0.4, -0.2) is 5.11 Å². The number of benzene rings is 1. The summed E-state index contributed by atoms with van der Waals surface area (Å²) in [6.07, 6.45) is 0.225. The quantitative estimate of drug-likeness (QED) is 0.766. The van der Waals surface area contributed by atoms with Crippen molar-refractivity contribution in [2.24, 2.45) is 0 Å². The van der Waals surface area contributed by atoms with E-state index >= 15 is 0 Å².